The highest BCUT2D eigenvalue weighted by atomic mass is 32.1. The molecular formula is C12H21N3OS. The maximum absolute atomic E-state index is 12.2. The highest BCUT2D eigenvalue weighted by Crippen LogP contribution is 2.20. The van der Waals surface area contributed by atoms with Crippen LogP contribution in [0.2, 0.25) is 0 Å². The summed E-state index contributed by atoms with van der Waals surface area (Å²) in [6.45, 7) is 6.75. The molecule has 2 N–H and O–H groups in total. The van der Waals surface area contributed by atoms with Gasteiger partial charge in [0.2, 0.25) is 0 Å². The first-order chi connectivity index (χ1) is 7.92. The Labute approximate surface area is 107 Å². The predicted molar refractivity (Wildman–Crippen MR) is 71.3 cm³/mol. The fourth-order valence-electron chi connectivity index (χ4n) is 1.33. The van der Waals surface area contributed by atoms with Crippen molar-refractivity contribution in [3.8, 4) is 0 Å². The van der Waals surface area contributed by atoms with Crippen LogP contribution < -0.4 is 5.73 Å². The number of hydrogen-bond donors (Lipinski definition) is 1. The predicted octanol–water partition coefficient (Wildman–Crippen LogP) is 1.90. The lowest BCUT2D eigenvalue weighted by molar-refractivity contribution is 0.0615. The molecule has 1 aromatic heterocycles. The van der Waals surface area contributed by atoms with Crippen molar-refractivity contribution in [2.24, 2.45) is 5.73 Å². The Bertz CT molecular complexity index is 387. The second-order valence-electron chi connectivity index (χ2n) is 4.70. The van der Waals surface area contributed by atoms with Gasteiger partial charge in [0.15, 0.2) is 0 Å². The zero-order chi connectivity index (χ0) is 13.1. The molecule has 0 aromatic carbocycles. The molecule has 0 atom stereocenters. The number of carbonyl (C=O) groups excluding carboxylic acids is 1. The fraction of sp³-hybridized carbons (Fsp3) is 0.667. The van der Waals surface area contributed by atoms with Crippen LogP contribution in [-0.2, 0) is 6.42 Å². The number of aromatic nitrogens is 1. The van der Waals surface area contributed by atoms with Gasteiger partial charge in [0.25, 0.3) is 5.91 Å². The van der Waals surface area contributed by atoms with E-state index < -0.39 is 0 Å². The van der Waals surface area contributed by atoms with Crippen molar-refractivity contribution in [2.75, 3.05) is 13.6 Å². The smallest absolute Gasteiger partial charge is 0.273 e. The van der Waals surface area contributed by atoms with Crippen molar-refractivity contribution in [1.82, 2.24) is 9.88 Å². The number of nitrogens with zero attached hydrogens (tertiary/aromatic N) is 2. The summed E-state index contributed by atoms with van der Waals surface area (Å²) in [6, 6.07) is 0. The van der Waals surface area contributed by atoms with E-state index in [9.17, 15) is 4.79 Å². The van der Waals surface area contributed by atoms with Gasteiger partial charge in [-0.15, -0.1) is 11.3 Å². The monoisotopic (exact) mass is 255 g/mol. The molecule has 0 saturated carbocycles. The number of thiazole rings is 1. The molecule has 17 heavy (non-hydrogen) atoms. The normalized spacial score (nSPS) is 11.6. The summed E-state index contributed by atoms with van der Waals surface area (Å²) in [5, 5.41) is 2.74. The highest BCUT2D eigenvalue weighted by Gasteiger charge is 2.27. The van der Waals surface area contributed by atoms with Crippen molar-refractivity contribution in [2.45, 2.75) is 39.2 Å². The van der Waals surface area contributed by atoms with Crippen LogP contribution in [0, 0.1) is 0 Å². The minimum Gasteiger partial charge on any atom is -0.335 e. The van der Waals surface area contributed by atoms with Crippen LogP contribution in [0.1, 0.15) is 42.7 Å². The first-order valence-corrected chi connectivity index (χ1v) is 6.73. The minimum absolute atomic E-state index is 0.0172. The van der Waals surface area contributed by atoms with E-state index in [4.69, 9.17) is 5.73 Å². The number of carbonyl (C=O) groups is 1. The minimum atomic E-state index is -0.144. The topological polar surface area (TPSA) is 59.2 Å². The van der Waals surface area contributed by atoms with Crippen molar-refractivity contribution in [3.63, 3.8) is 0 Å². The van der Waals surface area contributed by atoms with Gasteiger partial charge in [-0.1, -0.05) is 6.92 Å². The van der Waals surface area contributed by atoms with Gasteiger partial charge in [0.1, 0.15) is 5.69 Å². The van der Waals surface area contributed by atoms with E-state index in [1.807, 2.05) is 12.4 Å². The van der Waals surface area contributed by atoms with Crippen molar-refractivity contribution in [1.29, 1.82) is 0 Å². The molecule has 1 amide bonds. The zero-order valence-corrected chi connectivity index (χ0v) is 11.8. The number of rotatable bonds is 5. The third-order valence-corrected chi connectivity index (χ3v) is 4.12. The Balaban J connectivity index is 2.81. The molecule has 0 aliphatic carbocycles. The number of nitrogens with two attached hydrogens (primary N) is 1. The summed E-state index contributed by atoms with van der Waals surface area (Å²) >= 11 is 1.50. The average Bonchev–Trinajstić information content (AvgIpc) is 2.76. The van der Waals surface area contributed by atoms with Gasteiger partial charge < -0.3 is 10.6 Å². The molecule has 0 aliphatic heterocycles. The van der Waals surface area contributed by atoms with E-state index in [2.05, 4.69) is 25.8 Å². The standard InChI is InChI=1S/C12H21N3OS/c1-5-12(2,3)15(4)11(16)9-8-17-10(14-9)6-7-13/h8H,5-7,13H2,1-4H3. The third kappa shape index (κ3) is 3.26. The van der Waals surface area contributed by atoms with Crippen molar-refractivity contribution in [3.05, 3.63) is 16.1 Å². The maximum atomic E-state index is 12.2. The Kier molecular flexibility index (Phi) is 4.65. The first kappa shape index (κ1) is 14.1. The van der Waals surface area contributed by atoms with E-state index in [1.54, 1.807) is 4.90 Å². The molecule has 0 fully saturated rings. The number of amides is 1. The summed E-state index contributed by atoms with van der Waals surface area (Å²) in [5.41, 5.74) is 5.85. The summed E-state index contributed by atoms with van der Waals surface area (Å²) < 4.78 is 0. The Hall–Kier alpha value is -0.940. The molecule has 0 aliphatic rings. The summed E-state index contributed by atoms with van der Waals surface area (Å²) in [7, 11) is 1.83. The van der Waals surface area contributed by atoms with Crippen LogP contribution in [0.25, 0.3) is 0 Å². The molecule has 0 unspecified atom stereocenters. The second-order valence-corrected chi connectivity index (χ2v) is 5.64. The van der Waals surface area contributed by atoms with E-state index in [0.29, 0.717) is 12.2 Å². The van der Waals surface area contributed by atoms with Gasteiger partial charge in [0, 0.05) is 24.4 Å². The van der Waals surface area contributed by atoms with Crippen LogP contribution in [0.4, 0.5) is 0 Å². The molecule has 4 nitrogen and oxygen atoms in total. The summed E-state index contributed by atoms with van der Waals surface area (Å²) in [6.07, 6.45) is 1.65. The van der Waals surface area contributed by atoms with Gasteiger partial charge >= 0.3 is 0 Å². The lowest BCUT2D eigenvalue weighted by Crippen LogP contribution is -2.44. The van der Waals surface area contributed by atoms with Gasteiger partial charge in [-0.25, -0.2) is 4.98 Å². The van der Waals surface area contributed by atoms with Crippen LogP contribution in [0.5, 0.6) is 0 Å². The molecule has 0 spiro atoms. The largest absolute Gasteiger partial charge is 0.335 e. The zero-order valence-electron chi connectivity index (χ0n) is 11.0. The third-order valence-electron chi connectivity index (χ3n) is 3.21. The Morgan fingerprint density at radius 3 is 2.76 bits per heavy atom. The molecule has 0 radical (unpaired) electrons. The van der Waals surface area contributed by atoms with Crippen molar-refractivity contribution < 1.29 is 4.79 Å². The molecule has 0 saturated heterocycles. The Morgan fingerprint density at radius 1 is 1.59 bits per heavy atom. The number of hydrogen-bond acceptors (Lipinski definition) is 4. The molecule has 1 heterocycles. The Morgan fingerprint density at radius 2 is 2.24 bits per heavy atom. The quantitative estimate of drug-likeness (QED) is 0.874. The van der Waals surface area contributed by atoms with Crippen LogP contribution in [-0.4, -0.2) is 34.9 Å². The molecule has 96 valence electrons. The van der Waals surface area contributed by atoms with Gasteiger partial charge in [0.05, 0.1) is 5.01 Å². The van der Waals surface area contributed by atoms with Gasteiger partial charge in [-0.2, -0.15) is 0 Å². The van der Waals surface area contributed by atoms with Gasteiger partial charge in [-0.3, -0.25) is 4.79 Å². The molecule has 1 aromatic rings. The van der Waals surface area contributed by atoms with Gasteiger partial charge in [-0.05, 0) is 26.8 Å². The van der Waals surface area contributed by atoms with E-state index in [1.165, 1.54) is 11.3 Å². The fourth-order valence-corrected chi connectivity index (χ4v) is 2.12. The summed E-state index contributed by atoms with van der Waals surface area (Å²) in [4.78, 5) is 18.3. The summed E-state index contributed by atoms with van der Waals surface area (Å²) in [5.74, 6) is -0.0172. The van der Waals surface area contributed by atoms with E-state index in [0.717, 1.165) is 17.8 Å². The van der Waals surface area contributed by atoms with Crippen LogP contribution in [0.15, 0.2) is 5.38 Å². The van der Waals surface area contributed by atoms with Crippen LogP contribution >= 0.6 is 11.3 Å². The van der Waals surface area contributed by atoms with Crippen molar-refractivity contribution >= 4 is 17.2 Å². The molecule has 5 heteroatoms. The lowest BCUT2D eigenvalue weighted by Gasteiger charge is -2.34. The maximum Gasteiger partial charge on any atom is 0.273 e. The first-order valence-electron chi connectivity index (χ1n) is 5.85. The lowest BCUT2D eigenvalue weighted by atomic mass is 10.00. The SMILES string of the molecule is CCC(C)(C)N(C)C(=O)c1csc(CCN)n1. The second kappa shape index (κ2) is 5.60. The van der Waals surface area contributed by atoms with E-state index >= 15 is 0 Å². The van der Waals surface area contributed by atoms with Crippen LogP contribution in [0.3, 0.4) is 0 Å². The molecular weight excluding hydrogens is 234 g/mol. The molecule has 0 bridgehead atoms. The highest BCUT2D eigenvalue weighted by molar-refractivity contribution is 7.09. The average molecular weight is 255 g/mol. The molecule has 1 rings (SSSR count). The van der Waals surface area contributed by atoms with E-state index in [-0.39, 0.29) is 11.4 Å².